The normalized spacial score (nSPS) is 18.3. The van der Waals surface area contributed by atoms with Gasteiger partial charge in [0, 0.05) is 33.4 Å². The van der Waals surface area contributed by atoms with Crippen LogP contribution in [0.25, 0.3) is 0 Å². The summed E-state index contributed by atoms with van der Waals surface area (Å²) in [6.45, 7) is 18.5. The van der Waals surface area contributed by atoms with E-state index >= 15 is 0 Å². The Labute approximate surface area is 477 Å². The van der Waals surface area contributed by atoms with E-state index in [0.29, 0.717) is 249 Å². The van der Waals surface area contributed by atoms with Gasteiger partial charge in [-0.1, -0.05) is 35.5 Å². The summed E-state index contributed by atoms with van der Waals surface area (Å²) in [6, 6.07) is 17.0. The van der Waals surface area contributed by atoms with Crippen molar-refractivity contribution in [2.75, 3.05) is 198 Å². The van der Waals surface area contributed by atoms with E-state index in [9.17, 15) is 0 Å². The first-order chi connectivity index (χ1) is 40.0. The fraction of sp³-hybridized carbons (Fsp3) is 0.524. The van der Waals surface area contributed by atoms with Crippen LogP contribution in [0.1, 0.15) is 50.1 Å². The molecule has 3 aliphatic heterocycles. The maximum absolute atomic E-state index is 6.24. The van der Waals surface area contributed by atoms with Crippen LogP contribution in [0.2, 0.25) is 0 Å². The molecule has 0 atom stereocenters. The monoisotopic (exact) mass is 1120 g/mol. The molecule has 0 aliphatic carbocycles. The summed E-state index contributed by atoms with van der Waals surface area (Å²) < 4.78 is 105. The minimum absolute atomic E-state index is 0.296. The Hall–Kier alpha value is -6.12. The molecule has 0 N–H and O–H groups in total. The molecule has 0 spiro atoms. The molecule has 3 heterocycles. The molecule has 4 aromatic rings. The van der Waals surface area contributed by atoms with Crippen molar-refractivity contribution >= 4 is 0 Å². The molecule has 0 radical (unpaired) electrons. The lowest BCUT2D eigenvalue weighted by molar-refractivity contribution is -0.00841. The molecule has 0 bridgehead atoms. The van der Waals surface area contributed by atoms with Crippen molar-refractivity contribution in [1.82, 2.24) is 0 Å². The Bertz CT molecular complexity index is 2380. The topological polar surface area (TPSA) is 166 Å². The van der Waals surface area contributed by atoms with Crippen molar-refractivity contribution in [3.8, 4) is 70.0 Å². The molecule has 438 valence electrons. The van der Waals surface area contributed by atoms with Gasteiger partial charge in [-0.05, 0) is 92.1 Å². The van der Waals surface area contributed by atoms with Crippen molar-refractivity contribution in [3.63, 3.8) is 0 Å². The fourth-order valence-corrected chi connectivity index (χ4v) is 8.19. The molecule has 4 aromatic carbocycles. The Morgan fingerprint density at radius 2 is 0.383 bits per heavy atom. The Morgan fingerprint density at radius 3 is 0.580 bits per heavy atom. The molecular formula is C63H78O18. The Balaban J connectivity index is 1.21. The van der Waals surface area contributed by atoms with E-state index in [1.165, 1.54) is 0 Å². The molecule has 7 rings (SSSR count). The molecule has 0 saturated carbocycles. The molecule has 18 nitrogen and oxygen atoms in total. The highest BCUT2D eigenvalue weighted by Gasteiger charge is 2.17. The van der Waals surface area contributed by atoms with Gasteiger partial charge in [-0.3, -0.25) is 0 Å². The van der Waals surface area contributed by atoms with Crippen LogP contribution in [-0.2, 0) is 56.8 Å². The van der Waals surface area contributed by atoms with Crippen LogP contribution in [-0.4, -0.2) is 198 Å². The molecule has 81 heavy (non-hydrogen) atoms. The van der Waals surface area contributed by atoms with Crippen molar-refractivity contribution in [2.24, 2.45) is 0 Å². The summed E-state index contributed by atoms with van der Waals surface area (Å²) in [7, 11) is 0. The maximum Gasteiger partial charge on any atom is 0.162 e. The second kappa shape index (κ2) is 37.8. The number of benzene rings is 4. The van der Waals surface area contributed by atoms with Crippen molar-refractivity contribution < 1.29 is 85.3 Å². The van der Waals surface area contributed by atoms with E-state index < -0.39 is 0 Å². The summed E-state index contributed by atoms with van der Waals surface area (Å²) in [4.78, 5) is 0. The lowest BCUT2D eigenvalue weighted by atomic mass is 9.88. The van der Waals surface area contributed by atoms with E-state index in [-0.39, 0.29) is 0 Å². The first-order valence-corrected chi connectivity index (χ1v) is 27.8. The van der Waals surface area contributed by atoms with Gasteiger partial charge in [0.1, 0.15) is 39.6 Å². The zero-order chi connectivity index (χ0) is 56.2. The predicted octanol–water partition coefficient (Wildman–Crippen LogP) is 6.32. The third-order valence-corrected chi connectivity index (χ3v) is 12.3. The van der Waals surface area contributed by atoms with Gasteiger partial charge in [0.25, 0.3) is 0 Å². The summed E-state index contributed by atoms with van der Waals surface area (Å²) in [5.41, 5.74) is 7.23. The van der Waals surface area contributed by atoms with Gasteiger partial charge in [-0.25, -0.2) is 0 Å². The van der Waals surface area contributed by atoms with Crippen molar-refractivity contribution in [1.29, 1.82) is 0 Å². The zero-order valence-electron chi connectivity index (χ0n) is 47.3. The summed E-state index contributed by atoms with van der Waals surface area (Å²) in [5.74, 6) is 24.1. The van der Waals surface area contributed by atoms with Gasteiger partial charge >= 0.3 is 0 Å². The number of ether oxygens (including phenoxy) is 18. The third kappa shape index (κ3) is 23.0. The van der Waals surface area contributed by atoms with E-state index in [1.807, 2.05) is 75.4 Å². The molecular weight excluding hydrogens is 1040 g/mol. The highest BCUT2D eigenvalue weighted by Crippen LogP contribution is 2.32. The third-order valence-electron chi connectivity index (χ3n) is 12.3. The molecule has 0 amide bonds. The van der Waals surface area contributed by atoms with Crippen LogP contribution in [0.3, 0.4) is 0 Å². The van der Waals surface area contributed by atoms with Crippen LogP contribution in [0.4, 0.5) is 0 Å². The average molecular weight is 1120 g/mol. The summed E-state index contributed by atoms with van der Waals surface area (Å²) in [5, 5.41) is 0. The first kappa shape index (κ1) is 62.5. The lowest BCUT2D eigenvalue weighted by Crippen LogP contribution is -2.16. The number of fused-ring (bicyclic) bond motifs is 3. The minimum atomic E-state index is 0.296. The average Bonchev–Trinajstić information content (AvgIpc) is 3.52. The molecule has 0 unspecified atom stereocenters. The van der Waals surface area contributed by atoms with Crippen LogP contribution >= 0.6 is 0 Å². The van der Waals surface area contributed by atoms with E-state index in [0.717, 1.165) is 33.4 Å². The molecule has 0 fully saturated rings. The SMILES string of the molecule is Cc1c(C#Cc2ccc3c(c2)OCCOCCOCCOCCOCCO3)c(C)c(C#Cc2ccc3c(c2)OCCOCCOCCOCCOCCO3)c(C)c1C#Cc1ccc2c(c1)OCCOCCOCCOCCOCCO2. The molecule has 0 aromatic heterocycles. The van der Waals surface area contributed by atoms with Gasteiger partial charge in [-0.2, -0.15) is 0 Å². The van der Waals surface area contributed by atoms with Gasteiger partial charge in [0.15, 0.2) is 34.5 Å². The first-order valence-electron chi connectivity index (χ1n) is 27.8. The minimum Gasteiger partial charge on any atom is -0.487 e. The van der Waals surface area contributed by atoms with Crippen molar-refractivity contribution in [3.05, 3.63) is 105 Å². The standard InChI is InChI=1S/C63H78O18/c1-49-55(10-4-52-7-13-58-61(46-52)79-43-37-73-31-25-67-19-16-64-22-28-70-34-40-76-58)50(2)57(12-6-54-9-15-60-63(48-54)81-45-39-75-33-27-69-21-18-66-24-30-72-36-42-78-60)51(3)56(49)11-5-53-8-14-59-62(47-53)80-44-38-74-32-26-68-20-17-65-23-29-71-35-41-77-59/h7-9,13-15,46-48H,16-45H2,1-3H3. The smallest absolute Gasteiger partial charge is 0.162 e. The fourth-order valence-electron chi connectivity index (χ4n) is 8.19. The second-order valence-electron chi connectivity index (χ2n) is 18.2. The Kier molecular flexibility index (Phi) is 29.2. The largest absolute Gasteiger partial charge is 0.487 e. The number of hydrogen-bond acceptors (Lipinski definition) is 18. The van der Waals surface area contributed by atoms with Gasteiger partial charge < -0.3 is 85.3 Å². The lowest BCUT2D eigenvalue weighted by Gasteiger charge is -2.15. The summed E-state index contributed by atoms with van der Waals surface area (Å²) in [6.07, 6.45) is 0. The number of hydrogen-bond donors (Lipinski definition) is 0. The predicted molar refractivity (Wildman–Crippen MR) is 301 cm³/mol. The van der Waals surface area contributed by atoms with Crippen LogP contribution < -0.4 is 28.4 Å². The van der Waals surface area contributed by atoms with Gasteiger partial charge in [0.05, 0.1) is 159 Å². The quantitative estimate of drug-likeness (QED) is 0.179. The van der Waals surface area contributed by atoms with E-state index in [2.05, 4.69) is 35.5 Å². The van der Waals surface area contributed by atoms with Crippen LogP contribution in [0, 0.1) is 56.3 Å². The van der Waals surface area contributed by atoms with Gasteiger partial charge in [-0.15, -0.1) is 0 Å². The highest BCUT2D eigenvalue weighted by molar-refractivity contribution is 5.68. The molecule has 0 saturated heterocycles. The van der Waals surface area contributed by atoms with Crippen LogP contribution in [0.15, 0.2) is 54.6 Å². The van der Waals surface area contributed by atoms with E-state index in [4.69, 9.17) is 85.3 Å². The number of rotatable bonds is 0. The van der Waals surface area contributed by atoms with Crippen molar-refractivity contribution in [2.45, 2.75) is 20.8 Å². The van der Waals surface area contributed by atoms with E-state index in [1.54, 1.807) is 0 Å². The summed E-state index contributed by atoms with van der Waals surface area (Å²) >= 11 is 0. The maximum atomic E-state index is 6.24. The van der Waals surface area contributed by atoms with Crippen LogP contribution in [0.5, 0.6) is 34.5 Å². The molecule has 3 aliphatic rings. The van der Waals surface area contributed by atoms with Gasteiger partial charge in [0.2, 0.25) is 0 Å². The Morgan fingerprint density at radius 1 is 0.210 bits per heavy atom. The zero-order valence-corrected chi connectivity index (χ0v) is 47.3. The second-order valence-corrected chi connectivity index (χ2v) is 18.2. The molecule has 18 heteroatoms. The highest BCUT2D eigenvalue weighted by atomic mass is 16.6.